The number of anilines is 1. The number of nitrogens with one attached hydrogen (secondary N) is 1. The number of hydrogen-bond donors (Lipinski definition) is 1. The standard InChI is InChI=1S/C25H30N2O4S/c1-2-32(30,31)23-15-9-18(10-16-23)17-24(28)26-20-13-11-19(12-14-20)25(29)27(21-5-3-6-21)22-7-4-8-22/h9-16,21-22H,2-8,17H2,1H3,(H,26,28). The van der Waals surface area contributed by atoms with Crippen LogP contribution >= 0.6 is 0 Å². The highest BCUT2D eigenvalue weighted by molar-refractivity contribution is 7.91. The average molecular weight is 455 g/mol. The van der Waals surface area contributed by atoms with Crippen molar-refractivity contribution in [3.8, 4) is 0 Å². The molecule has 0 heterocycles. The monoisotopic (exact) mass is 454 g/mol. The molecule has 170 valence electrons. The van der Waals surface area contributed by atoms with Crippen LogP contribution in [0.2, 0.25) is 0 Å². The smallest absolute Gasteiger partial charge is 0.254 e. The van der Waals surface area contributed by atoms with Crippen molar-refractivity contribution < 1.29 is 18.0 Å². The molecule has 2 aliphatic rings. The van der Waals surface area contributed by atoms with E-state index in [4.69, 9.17) is 0 Å². The van der Waals surface area contributed by atoms with E-state index in [1.165, 1.54) is 25.0 Å². The number of sulfone groups is 1. The Kier molecular flexibility index (Phi) is 6.65. The summed E-state index contributed by atoms with van der Waals surface area (Å²) in [5, 5.41) is 2.85. The highest BCUT2D eigenvalue weighted by Gasteiger charge is 2.37. The number of benzene rings is 2. The molecule has 2 aliphatic carbocycles. The number of carbonyl (C=O) groups is 2. The van der Waals surface area contributed by atoms with E-state index in [-0.39, 0.29) is 28.9 Å². The zero-order valence-corrected chi connectivity index (χ0v) is 19.2. The van der Waals surface area contributed by atoms with Crippen LogP contribution in [0.3, 0.4) is 0 Å². The van der Waals surface area contributed by atoms with E-state index in [0.717, 1.165) is 31.2 Å². The molecule has 2 saturated carbocycles. The topological polar surface area (TPSA) is 83.5 Å². The van der Waals surface area contributed by atoms with Gasteiger partial charge in [0.1, 0.15) is 0 Å². The van der Waals surface area contributed by atoms with E-state index in [2.05, 4.69) is 10.2 Å². The van der Waals surface area contributed by atoms with Crippen molar-refractivity contribution in [3.63, 3.8) is 0 Å². The quantitative estimate of drug-likeness (QED) is 0.648. The van der Waals surface area contributed by atoms with Crippen molar-refractivity contribution in [1.82, 2.24) is 4.90 Å². The van der Waals surface area contributed by atoms with Gasteiger partial charge in [0.15, 0.2) is 9.84 Å². The third-order valence-electron chi connectivity index (χ3n) is 6.61. The maximum absolute atomic E-state index is 13.1. The van der Waals surface area contributed by atoms with Gasteiger partial charge in [-0.05, 0) is 80.5 Å². The highest BCUT2D eigenvalue weighted by Crippen LogP contribution is 2.35. The van der Waals surface area contributed by atoms with E-state index in [1.54, 1.807) is 43.3 Å². The predicted molar refractivity (Wildman–Crippen MR) is 124 cm³/mol. The number of nitrogens with zero attached hydrogens (tertiary/aromatic N) is 1. The molecule has 2 aromatic carbocycles. The van der Waals surface area contributed by atoms with E-state index >= 15 is 0 Å². The summed E-state index contributed by atoms with van der Waals surface area (Å²) in [6, 6.07) is 14.3. The van der Waals surface area contributed by atoms with E-state index in [9.17, 15) is 18.0 Å². The van der Waals surface area contributed by atoms with Crippen LogP contribution in [0.4, 0.5) is 5.69 Å². The molecule has 2 amide bonds. The summed E-state index contributed by atoms with van der Waals surface area (Å²) in [4.78, 5) is 27.9. The number of amides is 2. The van der Waals surface area contributed by atoms with Crippen LogP contribution in [-0.4, -0.2) is 43.0 Å². The van der Waals surface area contributed by atoms with Gasteiger partial charge in [0, 0.05) is 23.3 Å². The first-order chi connectivity index (χ1) is 15.4. The first-order valence-electron chi connectivity index (χ1n) is 11.4. The molecule has 2 aromatic rings. The normalized spacial score (nSPS) is 16.7. The summed E-state index contributed by atoms with van der Waals surface area (Å²) in [6.45, 7) is 1.60. The maximum Gasteiger partial charge on any atom is 0.254 e. The third-order valence-corrected chi connectivity index (χ3v) is 8.36. The fraction of sp³-hybridized carbons (Fsp3) is 0.440. The summed E-state index contributed by atoms with van der Waals surface area (Å²) < 4.78 is 23.8. The van der Waals surface area contributed by atoms with Crippen LogP contribution < -0.4 is 5.32 Å². The molecule has 4 rings (SSSR count). The number of rotatable bonds is 8. The van der Waals surface area contributed by atoms with Crippen LogP contribution in [0.5, 0.6) is 0 Å². The summed E-state index contributed by atoms with van der Waals surface area (Å²) in [5.74, 6) is -0.0511. The summed E-state index contributed by atoms with van der Waals surface area (Å²) in [7, 11) is -3.25. The van der Waals surface area contributed by atoms with Crippen molar-refractivity contribution >= 4 is 27.3 Å². The Morgan fingerprint density at radius 1 is 0.906 bits per heavy atom. The molecule has 0 atom stereocenters. The van der Waals surface area contributed by atoms with Crippen molar-refractivity contribution in [2.24, 2.45) is 0 Å². The van der Waals surface area contributed by atoms with Crippen LogP contribution in [0.15, 0.2) is 53.4 Å². The molecule has 6 nitrogen and oxygen atoms in total. The van der Waals surface area contributed by atoms with Gasteiger partial charge in [0.2, 0.25) is 5.91 Å². The number of hydrogen-bond acceptors (Lipinski definition) is 4. The largest absolute Gasteiger partial charge is 0.333 e. The van der Waals surface area contributed by atoms with E-state index in [0.29, 0.717) is 23.3 Å². The average Bonchev–Trinajstić information content (AvgIpc) is 2.71. The minimum atomic E-state index is -3.25. The molecule has 0 aromatic heterocycles. The Morgan fingerprint density at radius 3 is 1.94 bits per heavy atom. The lowest BCUT2D eigenvalue weighted by Crippen LogP contribution is -2.52. The fourth-order valence-corrected chi connectivity index (χ4v) is 5.06. The van der Waals surface area contributed by atoms with E-state index < -0.39 is 9.84 Å². The molecule has 7 heteroatoms. The Balaban J connectivity index is 1.36. The molecule has 0 saturated heterocycles. The molecule has 0 aliphatic heterocycles. The zero-order valence-electron chi connectivity index (χ0n) is 18.4. The molecule has 32 heavy (non-hydrogen) atoms. The lowest BCUT2D eigenvalue weighted by atomic mass is 9.84. The van der Waals surface area contributed by atoms with Gasteiger partial charge in [-0.25, -0.2) is 8.42 Å². The first kappa shape index (κ1) is 22.5. The van der Waals surface area contributed by atoms with Crippen molar-refractivity contribution in [2.45, 2.75) is 68.8 Å². The third kappa shape index (κ3) is 4.88. The minimum Gasteiger partial charge on any atom is -0.333 e. The fourth-order valence-electron chi connectivity index (χ4n) is 4.18. The van der Waals surface area contributed by atoms with Gasteiger partial charge in [-0.1, -0.05) is 19.1 Å². The van der Waals surface area contributed by atoms with Crippen LogP contribution in [-0.2, 0) is 21.1 Å². The van der Waals surface area contributed by atoms with Gasteiger partial charge in [0.25, 0.3) is 5.91 Å². The zero-order chi connectivity index (χ0) is 22.7. The van der Waals surface area contributed by atoms with Crippen LogP contribution in [0.25, 0.3) is 0 Å². The minimum absolute atomic E-state index is 0.0460. The second-order valence-corrected chi connectivity index (χ2v) is 11.0. The van der Waals surface area contributed by atoms with Crippen molar-refractivity contribution in [3.05, 3.63) is 59.7 Å². The molecular weight excluding hydrogens is 424 g/mol. The van der Waals surface area contributed by atoms with Gasteiger partial charge < -0.3 is 10.2 Å². The molecular formula is C25H30N2O4S. The maximum atomic E-state index is 13.1. The Bertz CT molecular complexity index is 1060. The first-order valence-corrected chi connectivity index (χ1v) is 13.1. The highest BCUT2D eigenvalue weighted by atomic mass is 32.2. The van der Waals surface area contributed by atoms with Gasteiger partial charge in [-0.3, -0.25) is 9.59 Å². The Labute approximate surface area is 189 Å². The molecule has 0 unspecified atom stereocenters. The molecule has 0 bridgehead atoms. The van der Waals surface area contributed by atoms with Gasteiger partial charge >= 0.3 is 0 Å². The second kappa shape index (κ2) is 9.45. The summed E-state index contributed by atoms with van der Waals surface area (Å²) in [5.41, 5.74) is 2.03. The number of carbonyl (C=O) groups excluding carboxylic acids is 2. The molecule has 0 spiro atoms. The predicted octanol–water partition coefficient (Wildman–Crippen LogP) is 4.21. The lowest BCUT2D eigenvalue weighted by Gasteiger charge is -2.46. The summed E-state index contributed by atoms with van der Waals surface area (Å²) >= 11 is 0. The van der Waals surface area contributed by atoms with Crippen molar-refractivity contribution in [1.29, 1.82) is 0 Å². The van der Waals surface area contributed by atoms with Gasteiger partial charge in [-0.15, -0.1) is 0 Å². The van der Waals surface area contributed by atoms with Crippen LogP contribution in [0, 0.1) is 0 Å². The van der Waals surface area contributed by atoms with Crippen molar-refractivity contribution in [2.75, 3.05) is 11.1 Å². The SMILES string of the molecule is CCS(=O)(=O)c1ccc(CC(=O)Nc2ccc(C(=O)N(C3CCC3)C3CCC3)cc2)cc1. The van der Waals surface area contributed by atoms with Gasteiger partial charge in [0.05, 0.1) is 17.1 Å². The van der Waals surface area contributed by atoms with Gasteiger partial charge in [-0.2, -0.15) is 0 Å². The lowest BCUT2D eigenvalue weighted by molar-refractivity contribution is -0.115. The molecule has 1 N–H and O–H groups in total. The molecule has 0 radical (unpaired) electrons. The second-order valence-electron chi connectivity index (χ2n) is 8.73. The van der Waals surface area contributed by atoms with E-state index in [1.807, 2.05) is 0 Å². The summed E-state index contributed by atoms with van der Waals surface area (Å²) in [6.07, 6.45) is 6.93. The molecule has 2 fully saturated rings. The Morgan fingerprint density at radius 2 is 1.47 bits per heavy atom. The Hall–Kier alpha value is -2.67. The van der Waals surface area contributed by atoms with Crippen LogP contribution in [0.1, 0.15) is 61.4 Å².